The van der Waals surface area contributed by atoms with E-state index < -0.39 is 0 Å². The molecule has 0 unspecified atom stereocenters. The summed E-state index contributed by atoms with van der Waals surface area (Å²) in [5.41, 5.74) is 2.05. The van der Waals surface area contributed by atoms with Gasteiger partial charge in [-0.2, -0.15) is 0 Å². The molecular formula is C19H21N5S. The second kappa shape index (κ2) is 7.37. The SMILES string of the molecule is CSN1CCC(Nc2cc3c(-c4ccncc4)nccc3cn2)CC1. The van der Waals surface area contributed by atoms with Gasteiger partial charge in [-0.25, -0.2) is 4.98 Å². The Labute approximate surface area is 152 Å². The van der Waals surface area contributed by atoms with E-state index in [0.717, 1.165) is 53.8 Å². The number of piperidine rings is 1. The lowest BCUT2D eigenvalue weighted by Gasteiger charge is -2.30. The highest BCUT2D eigenvalue weighted by Gasteiger charge is 2.19. The van der Waals surface area contributed by atoms with Crippen molar-refractivity contribution in [3.05, 3.63) is 49.1 Å². The van der Waals surface area contributed by atoms with Gasteiger partial charge in [0.1, 0.15) is 5.82 Å². The van der Waals surface area contributed by atoms with Crippen LogP contribution >= 0.6 is 11.9 Å². The number of nitrogens with zero attached hydrogens (tertiary/aromatic N) is 4. The fraction of sp³-hybridized carbons (Fsp3) is 0.316. The molecule has 3 aromatic rings. The van der Waals surface area contributed by atoms with Crippen molar-refractivity contribution in [1.82, 2.24) is 19.3 Å². The number of fused-ring (bicyclic) bond motifs is 1. The predicted octanol–water partition coefficient (Wildman–Crippen LogP) is 3.85. The van der Waals surface area contributed by atoms with Crippen molar-refractivity contribution < 1.29 is 0 Å². The lowest BCUT2D eigenvalue weighted by Crippen LogP contribution is -2.35. The first kappa shape index (κ1) is 16.3. The molecule has 128 valence electrons. The molecule has 0 amide bonds. The van der Waals surface area contributed by atoms with E-state index in [1.54, 1.807) is 12.4 Å². The Morgan fingerprint density at radius 1 is 1.08 bits per heavy atom. The van der Waals surface area contributed by atoms with Gasteiger partial charge in [-0.3, -0.25) is 14.3 Å². The number of pyridine rings is 3. The minimum atomic E-state index is 0.481. The molecule has 5 nitrogen and oxygen atoms in total. The molecule has 1 aliphatic heterocycles. The van der Waals surface area contributed by atoms with Gasteiger partial charge in [0.25, 0.3) is 0 Å². The van der Waals surface area contributed by atoms with Gasteiger partial charge in [0, 0.05) is 60.3 Å². The van der Waals surface area contributed by atoms with Crippen molar-refractivity contribution in [1.29, 1.82) is 0 Å². The Morgan fingerprint density at radius 2 is 1.88 bits per heavy atom. The summed E-state index contributed by atoms with van der Waals surface area (Å²) in [7, 11) is 0. The van der Waals surface area contributed by atoms with Crippen molar-refractivity contribution in [2.45, 2.75) is 18.9 Å². The highest BCUT2D eigenvalue weighted by atomic mass is 32.2. The van der Waals surface area contributed by atoms with E-state index in [9.17, 15) is 0 Å². The monoisotopic (exact) mass is 351 g/mol. The van der Waals surface area contributed by atoms with Gasteiger partial charge in [0.05, 0.1) is 5.69 Å². The summed E-state index contributed by atoms with van der Waals surface area (Å²) >= 11 is 1.83. The Morgan fingerprint density at radius 3 is 2.64 bits per heavy atom. The third kappa shape index (κ3) is 3.60. The van der Waals surface area contributed by atoms with Gasteiger partial charge in [-0.05, 0) is 43.4 Å². The number of nitrogens with one attached hydrogen (secondary N) is 1. The number of hydrogen-bond donors (Lipinski definition) is 1. The number of rotatable bonds is 4. The molecule has 1 N–H and O–H groups in total. The Kier molecular flexibility index (Phi) is 4.81. The molecule has 0 saturated carbocycles. The molecule has 0 aliphatic carbocycles. The van der Waals surface area contributed by atoms with Crippen LogP contribution in [0.15, 0.2) is 49.1 Å². The van der Waals surface area contributed by atoms with E-state index in [1.807, 2.05) is 42.5 Å². The first-order valence-electron chi connectivity index (χ1n) is 8.54. The smallest absolute Gasteiger partial charge is 0.126 e. The molecule has 3 aromatic heterocycles. The van der Waals surface area contributed by atoms with Gasteiger partial charge < -0.3 is 5.32 Å². The summed E-state index contributed by atoms with van der Waals surface area (Å²) in [6.07, 6.45) is 11.8. The van der Waals surface area contributed by atoms with E-state index in [4.69, 9.17) is 0 Å². The summed E-state index contributed by atoms with van der Waals surface area (Å²) in [6.45, 7) is 2.24. The Bertz CT molecular complexity index is 847. The maximum absolute atomic E-state index is 4.60. The molecule has 0 radical (unpaired) electrons. The molecule has 4 heterocycles. The zero-order valence-electron chi connectivity index (χ0n) is 14.2. The summed E-state index contributed by atoms with van der Waals surface area (Å²) < 4.78 is 2.41. The number of anilines is 1. The summed E-state index contributed by atoms with van der Waals surface area (Å²) in [6, 6.07) is 8.60. The van der Waals surface area contributed by atoms with E-state index in [2.05, 4.69) is 36.9 Å². The lowest BCUT2D eigenvalue weighted by molar-refractivity contribution is 0.359. The van der Waals surface area contributed by atoms with Crippen molar-refractivity contribution in [3.8, 4) is 11.3 Å². The highest BCUT2D eigenvalue weighted by Crippen LogP contribution is 2.28. The van der Waals surface area contributed by atoms with Crippen LogP contribution in [0, 0.1) is 0 Å². The summed E-state index contributed by atoms with van der Waals surface area (Å²) in [5.74, 6) is 0.929. The van der Waals surface area contributed by atoms with E-state index >= 15 is 0 Å². The molecule has 1 fully saturated rings. The van der Waals surface area contributed by atoms with Gasteiger partial charge in [-0.15, -0.1) is 0 Å². The quantitative estimate of drug-likeness (QED) is 0.721. The highest BCUT2D eigenvalue weighted by molar-refractivity contribution is 7.96. The lowest BCUT2D eigenvalue weighted by atomic mass is 10.1. The van der Waals surface area contributed by atoms with Crippen LogP contribution in [0.1, 0.15) is 12.8 Å². The molecule has 0 bridgehead atoms. The van der Waals surface area contributed by atoms with E-state index in [0.29, 0.717) is 6.04 Å². The first-order chi connectivity index (χ1) is 12.3. The number of hydrogen-bond acceptors (Lipinski definition) is 6. The van der Waals surface area contributed by atoms with Gasteiger partial charge in [-0.1, -0.05) is 11.9 Å². The minimum absolute atomic E-state index is 0.481. The Balaban J connectivity index is 1.61. The van der Waals surface area contributed by atoms with Crippen LogP contribution in [0.25, 0.3) is 22.0 Å². The zero-order valence-corrected chi connectivity index (χ0v) is 15.0. The molecule has 1 saturated heterocycles. The van der Waals surface area contributed by atoms with Crippen molar-refractivity contribution >= 4 is 28.5 Å². The van der Waals surface area contributed by atoms with E-state index in [1.165, 1.54) is 0 Å². The maximum Gasteiger partial charge on any atom is 0.126 e. The minimum Gasteiger partial charge on any atom is -0.367 e. The van der Waals surface area contributed by atoms with E-state index in [-0.39, 0.29) is 0 Å². The van der Waals surface area contributed by atoms with Crippen LogP contribution in [0.4, 0.5) is 5.82 Å². The molecular weight excluding hydrogens is 330 g/mol. The largest absolute Gasteiger partial charge is 0.367 e. The fourth-order valence-electron chi connectivity index (χ4n) is 3.28. The molecule has 6 heteroatoms. The van der Waals surface area contributed by atoms with Crippen LogP contribution in [0.5, 0.6) is 0 Å². The number of aromatic nitrogens is 3. The zero-order chi connectivity index (χ0) is 17.1. The summed E-state index contributed by atoms with van der Waals surface area (Å²) in [5, 5.41) is 5.83. The standard InChI is InChI=1S/C19H21N5S/c1-25-24-10-5-16(6-11-24)23-18-12-17-15(13-22-18)4-9-21-19(17)14-2-7-20-8-3-14/h2-4,7-9,12-13,16H,5-6,10-11H2,1H3,(H,22,23). The fourth-order valence-corrected chi connectivity index (χ4v) is 3.85. The van der Waals surface area contributed by atoms with Crippen LogP contribution in [-0.4, -0.2) is 44.6 Å². The molecule has 1 aliphatic rings. The van der Waals surface area contributed by atoms with Crippen molar-refractivity contribution in [2.75, 3.05) is 24.7 Å². The normalized spacial score (nSPS) is 16.2. The van der Waals surface area contributed by atoms with Crippen LogP contribution < -0.4 is 5.32 Å². The second-order valence-corrected chi connectivity index (χ2v) is 7.10. The molecule has 0 atom stereocenters. The van der Waals surface area contributed by atoms with Gasteiger partial charge in [0.2, 0.25) is 0 Å². The second-order valence-electron chi connectivity index (χ2n) is 6.22. The van der Waals surface area contributed by atoms with Crippen molar-refractivity contribution in [3.63, 3.8) is 0 Å². The van der Waals surface area contributed by atoms with Crippen molar-refractivity contribution in [2.24, 2.45) is 0 Å². The Hall–Kier alpha value is -2.18. The van der Waals surface area contributed by atoms with Crippen LogP contribution in [-0.2, 0) is 0 Å². The summed E-state index contributed by atoms with van der Waals surface area (Å²) in [4.78, 5) is 13.3. The predicted molar refractivity (Wildman–Crippen MR) is 105 cm³/mol. The molecule has 25 heavy (non-hydrogen) atoms. The maximum atomic E-state index is 4.60. The third-order valence-corrected chi connectivity index (χ3v) is 5.55. The molecule has 0 aromatic carbocycles. The van der Waals surface area contributed by atoms with Crippen LogP contribution in [0.2, 0.25) is 0 Å². The van der Waals surface area contributed by atoms with Gasteiger partial charge in [0.15, 0.2) is 0 Å². The van der Waals surface area contributed by atoms with Crippen LogP contribution in [0.3, 0.4) is 0 Å². The average Bonchev–Trinajstić information content (AvgIpc) is 2.69. The first-order valence-corrected chi connectivity index (χ1v) is 9.72. The molecule has 0 spiro atoms. The average molecular weight is 351 g/mol. The van der Waals surface area contributed by atoms with Gasteiger partial charge >= 0.3 is 0 Å². The topological polar surface area (TPSA) is 53.9 Å². The molecule has 4 rings (SSSR count). The third-order valence-electron chi connectivity index (χ3n) is 4.67.